The first kappa shape index (κ1) is 18.9. The van der Waals surface area contributed by atoms with Gasteiger partial charge in [-0.3, -0.25) is 4.79 Å². The number of rotatable bonds is 7. The molecular formula is C22H27ClN2O. The average Bonchev–Trinajstić information content (AvgIpc) is 2.69. The molecule has 0 saturated carbocycles. The molecule has 1 heterocycles. The first-order chi connectivity index (χ1) is 12.6. The molecule has 0 aromatic heterocycles. The van der Waals surface area contributed by atoms with Crippen molar-refractivity contribution in [1.82, 2.24) is 10.2 Å². The summed E-state index contributed by atoms with van der Waals surface area (Å²) in [6, 6.07) is 16.9. The summed E-state index contributed by atoms with van der Waals surface area (Å²) in [5.41, 5.74) is 3.75. The van der Waals surface area contributed by atoms with Gasteiger partial charge in [-0.05, 0) is 56.0 Å². The molecule has 1 N–H and O–H groups in total. The van der Waals surface area contributed by atoms with Gasteiger partial charge >= 0.3 is 0 Å². The number of benzene rings is 2. The minimum atomic E-state index is 0.0413. The van der Waals surface area contributed by atoms with Gasteiger partial charge in [0.1, 0.15) is 0 Å². The predicted molar refractivity (Wildman–Crippen MR) is 108 cm³/mol. The van der Waals surface area contributed by atoms with Crippen molar-refractivity contribution in [3.63, 3.8) is 0 Å². The van der Waals surface area contributed by atoms with Crippen LogP contribution in [0.25, 0.3) is 0 Å². The molecule has 0 aliphatic carbocycles. The first-order valence-electron chi connectivity index (χ1n) is 9.33. The lowest BCUT2D eigenvalue weighted by molar-refractivity contribution is -0.109. The van der Waals surface area contributed by atoms with Gasteiger partial charge in [0.2, 0.25) is 6.41 Å². The van der Waals surface area contributed by atoms with E-state index in [1.165, 1.54) is 11.1 Å². The number of likely N-dealkylation sites (tertiary alicyclic amines) is 1. The monoisotopic (exact) mass is 370 g/mol. The summed E-state index contributed by atoms with van der Waals surface area (Å²) in [7, 11) is 0. The van der Waals surface area contributed by atoms with Crippen molar-refractivity contribution in [2.45, 2.75) is 31.6 Å². The number of carbonyl (C=O) groups is 1. The van der Waals surface area contributed by atoms with Crippen molar-refractivity contribution in [2.75, 3.05) is 26.2 Å². The molecule has 2 aromatic rings. The van der Waals surface area contributed by atoms with E-state index in [2.05, 4.69) is 59.6 Å². The summed E-state index contributed by atoms with van der Waals surface area (Å²) >= 11 is 6.43. The second-order valence-corrected chi connectivity index (χ2v) is 7.66. The third kappa shape index (κ3) is 4.28. The molecule has 1 fully saturated rings. The lowest BCUT2D eigenvalue weighted by atomic mass is 9.72. The van der Waals surface area contributed by atoms with E-state index in [0.717, 1.165) is 55.9 Å². The van der Waals surface area contributed by atoms with Gasteiger partial charge in [0.15, 0.2) is 0 Å². The smallest absolute Gasteiger partial charge is 0.207 e. The molecule has 1 aliphatic heterocycles. The quantitative estimate of drug-likeness (QED) is 0.748. The van der Waals surface area contributed by atoms with Crippen LogP contribution in [0.15, 0.2) is 48.5 Å². The fourth-order valence-electron chi connectivity index (χ4n) is 3.98. The van der Waals surface area contributed by atoms with Crippen LogP contribution in [0, 0.1) is 6.92 Å². The van der Waals surface area contributed by atoms with Crippen LogP contribution >= 0.6 is 11.6 Å². The van der Waals surface area contributed by atoms with Crippen LogP contribution in [0.4, 0.5) is 0 Å². The van der Waals surface area contributed by atoms with Crippen LogP contribution in [0.5, 0.6) is 0 Å². The zero-order valence-corrected chi connectivity index (χ0v) is 16.1. The van der Waals surface area contributed by atoms with Crippen LogP contribution in [0.3, 0.4) is 0 Å². The highest BCUT2D eigenvalue weighted by Gasteiger charge is 2.35. The summed E-state index contributed by atoms with van der Waals surface area (Å²) < 4.78 is 0. The van der Waals surface area contributed by atoms with Gasteiger partial charge < -0.3 is 10.2 Å². The highest BCUT2D eigenvalue weighted by atomic mass is 35.5. The summed E-state index contributed by atoms with van der Waals surface area (Å²) in [6.45, 7) is 5.87. The number of halogens is 1. The minimum Gasteiger partial charge on any atom is -0.358 e. The molecule has 2 aromatic carbocycles. The molecule has 1 amide bonds. The fourth-order valence-corrected chi connectivity index (χ4v) is 4.20. The van der Waals surface area contributed by atoms with Gasteiger partial charge in [0.25, 0.3) is 0 Å². The first-order valence-corrected chi connectivity index (χ1v) is 9.71. The van der Waals surface area contributed by atoms with Crippen molar-refractivity contribution >= 4 is 18.0 Å². The maximum atomic E-state index is 10.9. The largest absolute Gasteiger partial charge is 0.358 e. The van der Waals surface area contributed by atoms with Crippen LogP contribution in [0.1, 0.15) is 29.5 Å². The number of nitrogens with zero attached hydrogens (tertiary/aromatic N) is 1. The molecule has 4 heteroatoms. The van der Waals surface area contributed by atoms with E-state index in [0.29, 0.717) is 6.54 Å². The Bertz CT molecular complexity index is 724. The number of amides is 1. The highest BCUT2D eigenvalue weighted by molar-refractivity contribution is 6.32. The predicted octanol–water partition coefficient (Wildman–Crippen LogP) is 3.97. The molecule has 26 heavy (non-hydrogen) atoms. The molecule has 0 radical (unpaired) electrons. The normalized spacial score (nSPS) is 17.0. The summed E-state index contributed by atoms with van der Waals surface area (Å²) in [5.74, 6) is 0. The molecule has 1 aliphatic rings. The Morgan fingerprint density at radius 2 is 1.85 bits per heavy atom. The van der Waals surface area contributed by atoms with Crippen LogP contribution < -0.4 is 5.32 Å². The Balaban J connectivity index is 1.62. The zero-order chi connectivity index (χ0) is 18.4. The SMILES string of the molecule is Cc1cccc(CCN2CCC(CNC=O)(c3ccccc3)CC2)c1Cl. The Morgan fingerprint density at radius 3 is 2.54 bits per heavy atom. The maximum absolute atomic E-state index is 10.9. The van der Waals surface area contributed by atoms with E-state index >= 15 is 0 Å². The lowest BCUT2D eigenvalue weighted by Gasteiger charge is -2.42. The van der Waals surface area contributed by atoms with Gasteiger partial charge in [0, 0.05) is 23.5 Å². The molecule has 138 valence electrons. The third-order valence-electron chi connectivity index (χ3n) is 5.69. The van der Waals surface area contributed by atoms with E-state index in [9.17, 15) is 4.79 Å². The Hall–Kier alpha value is -1.84. The molecule has 0 bridgehead atoms. The Labute approximate surface area is 161 Å². The average molecular weight is 371 g/mol. The van der Waals surface area contributed by atoms with E-state index in [4.69, 9.17) is 11.6 Å². The minimum absolute atomic E-state index is 0.0413. The second-order valence-electron chi connectivity index (χ2n) is 7.28. The molecule has 3 rings (SSSR count). The van der Waals surface area contributed by atoms with Crippen LogP contribution in [-0.4, -0.2) is 37.5 Å². The number of aryl methyl sites for hydroxylation is 1. The van der Waals surface area contributed by atoms with Gasteiger partial charge in [-0.25, -0.2) is 0 Å². The molecule has 0 unspecified atom stereocenters. The number of hydrogen-bond donors (Lipinski definition) is 1. The molecule has 3 nitrogen and oxygen atoms in total. The van der Waals surface area contributed by atoms with E-state index in [-0.39, 0.29) is 5.41 Å². The number of nitrogens with one attached hydrogen (secondary N) is 1. The maximum Gasteiger partial charge on any atom is 0.207 e. The molecular weight excluding hydrogens is 344 g/mol. The van der Waals surface area contributed by atoms with Crippen molar-refractivity contribution in [1.29, 1.82) is 0 Å². The number of piperidine rings is 1. The van der Waals surface area contributed by atoms with E-state index < -0.39 is 0 Å². The number of hydrogen-bond acceptors (Lipinski definition) is 2. The fraction of sp³-hybridized carbons (Fsp3) is 0.409. The molecule has 0 atom stereocenters. The van der Waals surface area contributed by atoms with E-state index in [1.807, 2.05) is 6.07 Å². The lowest BCUT2D eigenvalue weighted by Crippen LogP contribution is -2.48. The summed E-state index contributed by atoms with van der Waals surface area (Å²) in [4.78, 5) is 13.4. The molecule has 0 spiro atoms. The van der Waals surface area contributed by atoms with Gasteiger partial charge in [-0.1, -0.05) is 60.1 Å². The van der Waals surface area contributed by atoms with Crippen molar-refractivity contribution in [2.24, 2.45) is 0 Å². The Kier molecular flexibility index (Phi) is 6.33. The topological polar surface area (TPSA) is 32.3 Å². The zero-order valence-electron chi connectivity index (χ0n) is 15.4. The third-order valence-corrected chi connectivity index (χ3v) is 6.23. The molecule has 1 saturated heterocycles. The van der Waals surface area contributed by atoms with Crippen LogP contribution in [-0.2, 0) is 16.6 Å². The number of carbonyl (C=O) groups excluding carboxylic acids is 1. The van der Waals surface area contributed by atoms with Crippen molar-refractivity contribution in [3.8, 4) is 0 Å². The Morgan fingerprint density at radius 1 is 1.12 bits per heavy atom. The van der Waals surface area contributed by atoms with Gasteiger partial charge in [-0.2, -0.15) is 0 Å². The van der Waals surface area contributed by atoms with Crippen molar-refractivity contribution in [3.05, 3.63) is 70.2 Å². The summed E-state index contributed by atoms with van der Waals surface area (Å²) in [5, 5.41) is 3.83. The van der Waals surface area contributed by atoms with E-state index in [1.54, 1.807) is 0 Å². The van der Waals surface area contributed by atoms with Gasteiger partial charge in [0.05, 0.1) is 0 Å². The summed E-state index contributed by atoms with van der Waals surface area (Å²) in [6.07, 6.45) is 3.90. The van der Waals surface area contributed by atoms with Gasteiger partial charge in [-0.15, -0.1) is 0 Å². The van der Waals surface area contributed by atoms with Crippen LogP contribution in [0.2, 0.25) is 5.02 Å². The van der Waals surface area contributed by atoms with Crippen molar-refractivity contribution < 1.29 is 4.79 Å². The second kappa shape index (κ2) is 8.70. The highest BCUT2D eigenvalue weighted by Crippen LogP contribution is 2.35. The standard InChI is InChI=1S/C22H27ClN2O/c1-18-6-5-7-19(21(18)23)10-13-25-14-11-22(12-15-25,16-24-17-26)20-8-3-2-4-9-20/h2-9,17H,10-16H2,1H3,(H,24,26).